The Labute approximate surface area is 159 Å². The Morgan fingerprint density at radius 2 is 1.82 bits per heavy atom. The molecule has 1 unspecified atom stereocenters. The van der Waals surface area contributed by atoms with Gasteiger partial charge in [0.1, 0.15) is 5.75 Å². The first-order valence-corrected chi connectivity index (χ1v) is 9.62. The van der Waals surface area contributed by atoms with Gasteiger partial charge in [-0.1, -0.05) is 6.07 Å². The average Bonchev–Trinajstić information content (AvgIpc) is 2.99. The van der Waals surface area contributed by atoms with Crippen LogP contribution in [0.2, 0.25) is 0 Å². The average molecular weight is 414 g/mol. The second kappa shape index (κ2) is 7.46. The zero-order valence-corrected chi connectivity index (χ0v) is 15.5. The zero-order valence-electron chi connectivity index (χ0n) is 14.6. The van der Waals surface area contributed by atoms with Crippen LogP contribution < -0.4 is 9.46 Å². The number of benzene rings is 2. The van der Waals surface area contributed by atoms with E-state index in [2.05, 4.69) is 9.46 Å². The number of hydrogen-bond acceptors (Lipinski definition) is 4. The maximum absolute atomic E-state index is 12.3. The summed E-state index contributed by atoms with van der Waals surface area (Å²) in [6.07, 6.45) is -4.08. The molecule has 0 saturated carbocycles. The molecule has 0 aliphatic rings. The summed E-state index contributed by atoms with van der Waals surface area (Å²) in [4.78, 5) is -0.243. The van der Waals surface area contributed by atoms with Crippen molar-refractivity contribution in [2.45, 2.75) is 17.4 Å². The molecule has 0 fully saturated rings. The minimum Gasteiger partial charge on any atom is -0.406 e. The second-order valence-corrected chi connectivity index (χ2v) is 7.90. The predicted octanol–water partition coefficient (Wildman–Crippen LogP) is 3.09. The third kappa shape index (κ3) is 4.64. The smallest absolute Gasteiger partial charge is 0.406 e. The molecule has 1 aromatic heterocycles. The van der Waals surface area contributed by atoms with Crippen LogP contribution in [0.25, 0.3) is 10.9 Å². The lowest BCUT2D eigenvalue weighted by Gasteiger charge is -2.14. The first-order chi connectivity index (χ1) is 13.0. The molecule has 2 aromatic carbocycles. The number of aryl methyl sites for hydroxylation is 1. The number of fused-ring (bicyclic) bond motifs is 1. The van der Waals surface area contributed by atoms with Crippen LogP contribution in [0.15, 0.2) is 59.6 Å². The lowest BCUT2D eigenvalue weighted by molar-refractivity contribution is -0.274. The molecule has 0 saturated heterocycles. The number of rotatable bonds is 6. The molecule has 1 heterocycles. The van der Waals surface area contributed by atoms with E-state index in [0.29, 0.717) is 5.56 Å². The van der Waals surface area contributed by atoms with E-state index in [1.54, 1.807) is 12.1 Å². The maximum Gasteiger partial charge on any atom is 0.573 e. The SMILES string of the molecule is Cn1ccc2cc(C(O)CNS(=O)(=O)c3ccc(OC(F)(F)F)cc3)ccc21. The lowest BCUT2D eigenvalue weighted by Crippen LogP contribution is -2.28. The summed E-state index contributed by atoms with van der Waals surface area (Å²) >= 11 is 0. The molecule has 10 heteroatoms. The number of aliphatic hydroxyl groups is 1. The molecular weight excluding hydrogens is 397 g/mol. The van der Waals surface area contributed by atoms with E-state index in [9.17, 15) is 26.7 Å². The van der Waals surface area contributed by atoms with Crippen molar-refractivity contribution >= 4 is 20.9 Å². The Morgan fingerprint density at radius 1 is 1.14 bits per heavy atom. The van der Waals surface area contributed by atoms with Gasteiger partial charge in [0, 0.05) is 25.3 Å². The Hall–Kier alpha value is -2.56. The summed E-state index contributed by atoms with van der Waals surface area (Å²) in [6, 6.07) is 10.9. The Morgan fingerprint density at radius 3 is 2.46 bits per heavy atom. The summed E-state index contributed by atoms with van der Waals surface area (Å²) in [6.45, 7) is -0.290. The fourth-order valence-corrected chi connectivity index (χ4v) is 3.76. The van der Waals surface area contributed by atoms with E-state index < -0.39 is 28.2 Å². The number of nitrogens with zero attached hydrogens (tertiary/aromatic N) is 1. The standard InChI is InChI=1S/C18H17F3N2O4S/c1-23-9-8-12-10-13(2-7-16(12)23)17(24)11-22-28(25,26)15-5-3-14(4-6-15)27-18(19,20)21/h2-10,17,22,24H,11H2,1H3. The molecule has 0 spiro atoms. The van der Waals surface area contributed by atoms with Crippen molar-refractivity contribution in [2.75, 3.05) is 6.54 Å². The van der Waals surface area contributed by atoms with Crippen LogP contribution >= 0.6 is 0 Å². The van der Waals surface area contributed by atoms with Crippen molar-refractivity contribution < 1.29 is 31.4 Å². The maximum atomic E-state index is 12.3. The molecule has 3 rings (SSSR count). The fraction of sp³-hybridized carbons (Fsp3) is 0.222. The number of halogens is 3. The van der Waals surface area contributed by atoms with Crippen molar-refractivity contribution in [1.82, 2.24) is 9.29 Å². The molecule has 0 radical (unpaired) electrons. The van der Waals surface area contributed by atoms with Crippen LogP contribution in [-0.4, -0.2) is 31.0 Å². The van der Waals surface area contributed by atoms with Crippen LogP contribution in [0, 0.1) is 0 Å². The van der Waals surface area contributed by atoms with Gasteiger partial charge in [0.25, 0.3) is 0 Å². The fourth-order valence-electron chi connectivity index (χ4n) is 2.72. The van der Waals surface area contributed by atoms with Gasteiger partial charge in [0.15, 0.2) is 0 Å². The highest BCUT2D eigenvalue weighted by Crippen LogP contribution is 2.24. The van der Waals surface area contributed by atoms with E-state index in [4.69, 9.17) is 0 Å². The Kier molecular flexibility index (Phi) is 5.37. The normalized spacial score (nSPS) is 13.6. The molecule has 6 nitrogen and oxygen atoms in total. The van der Waals surface area contributed by atoms with Crippen molar-refractivity contribution in [1.29, 1.82) is 0 Å². The predicted molar refractivity (Wildman–Crippen MR) is 96.2 cm³/mol. The van der Waals surface area contributed by atoms with Crippen molar-refractivity contribution in [2.24, 2.45) is 7.05 Å². The summed E-state index contributed by atoms with van der Waals surface area (Å²) in [7, 11) is -2.13. The highest BCUT2D eigenvalue weighted by atomic mass is 32.2. The Bertz CT molecular complexity index is 1080. The van der Waals surface area contributed by atoms with Gasteiger partial charge in [-0.05, 0) is 53.4 Å². The molecule has 150 valence electrons. The summed E-state index contributed by atoms with van der Waals surface area (Å²) in [5, 5.41) is 11.2. The minimum atomic E-state index is -4.86. The van der Waals surface area contributed by atoms with Gasteiger partial charge in [-0.3, -0.25) is 0 Å². The number of aliphatic hydroxyl groups excluding tert-OH is 1. The van der Waals surface area contributed by atoms with Crippen LogP contribution in [0.4, 0.5) is 13.2 Å². The van der Waals surface area contributed by atoms with Gasteiger partial charge in [-0.15, -0.1) is 13.2 Å². The van der Waals surface area contributed by atoms with Crippen LogP contribution in [-0.2, 0) is 17.1 Å². The second-order valence-electron chi connectivity index (χ2n) is 6.13. The van der Waals surface area contributed by atoms with Gasteiger partial charge >= 0.3 is 6.36 Å². The van der Waals surface area contributed by atoms with Gasteiger partial charge in [-0.2, -0.15) is 0 Å². The van der Waals surface area contributed by atoms with E-state index in [1.165, 1.54) is 0 Å². The molecule has 28 heavy (non-hydrogen) atoms. The number of nitrogens with one attached hydrogen (secondary N) is 1. The summed E-state index contributed by atoms with van der Waals surface area (Å²) in [5.74, 6) is -0.525. The summed E-state index contributed by atoms with van der Waals surface area (Å²) < 4.78 is 68.9. The van der Waals surface area contributed by atoms with E-state index >= 15 is 0 Å². The highest BCUT2D eigenvalue weighted by molar-refractivity contribution is 7.89. The van der Waals surface area contributed by atoms with Gasteiger partial charge in [0.2, 0.25) is 10.0 Å². The van der Waals surface area contributed by atoms with Crippen molar-refractivity contribution in [3.05, 3.63) is 60.3 Å². The molecular formula is C18H17F3N2O4S. The van der Waals surface area contributed by atoms with Gasteiger partial charge < -0.3 is 14.4 Å². The highest BCUT2D eigenvalue weighted by Gasteiger charge is 2.31. The molecule has 3 aromatic rings. The molecule has 0 amide bonds. The monoisotopic (exact) mass is 414 g/mol. The largest absolute Gasteiger partial charge is 0.573 e. The van der Waals surface area contributed by atoms with Crippen molar-refractivity contribution in [3.63, 3.8) is 0 Å². The number of ether oxygens (including phenoxy) is 1. The van der Waals surface area contributed by atoms with Gasteiger partial charge in [0.05, 0.1) is 11.0 Å². The van der Waals surface area contributed by atoms with Gasteiger partial charge in [-0.25, -0.2) is 13.1 Å². The lowest BCUT2D eigenvalue weighted by atomic mass is 10.1. The third-order valence-corrected chi connectivity index (χ3v) is 5.57. The molecule has 0 aliphatic carbocycles. The molecule has 1 atom stereocenters. The van der Waals surface area contributed by atoms with E-state index in [0.717, 1.165) is 35.2 Å². The topological polar surface area (TPSA) is 80.6 Å². The molecule has 0 aliphatic heterocycles. The molecule has 0 bridgehead atoms. The van der Waals surface area contributed by atoms with Crippen LogP contribution in [0.5, 0.6) is 5.75 Å². The first-order valence-electron chi connectivity index (χ1n) is 8.14. The summed E-state index contributed by atoms with van der Waals surface area (Å²) in [5.41, 5.74) is 1.51. The van der Waals surface area contributed by atoms with E-state index in [-0.39, 0.29) is 11.4 Å². The molecule has 2 N–H and O–H groups in total. The number of alkyl halides is 3. The number of aromatic nitrogens is 1. The quantitative estimate of drug-likeness (QED) is 0.650. The van der Waals surface area contributed by atoms with Crippen molar-refractivity contribution in [3.8, 4) is 5.75 Å². The van der Waals surface area contributed by atoms with Crippen LogP contribution in [0.1, 0.15) is 11.7 Å². The number of hydrogen-bond donors (Lipinski definition) is 2. The minimum absolute atomic E-state index is 0.243. The zero-order chi connectivity index (χ0) is 20.5. The Balaban J connectivity index is 1.67. The van der Waals surface area contributed by atoms with E-state index in [1.807, 2.05) is 29.9 Å². The third-order valence-electron chi connectivity index (χ3n) is 4.13. The first kappa shape index (κ1) is 20.2. The van der Waals surface area contributed by atoms with Crippen LogP contribution in [0.3, 0.4) is 0 Å². The number of sulfonamides is 1.